The van der Waals surface area contributed by atoms with Crippen LogP contribution in [0.2, 0.25) is 0 Å². The number of benzene rings is 1. The topological polar surface area (TPSA) is 9.23 Å². The molecule has 1 rings (SSSR count). The van der Waals surface area contributed by atoms with Gasteiger partial charge in [-0.2, -0.15) is 0 Å². The van der Waals surface area contributed by atoms with E-state index in [-0.39, 0.29) is 5.75 Å². The third kappa shape index (κ3) is 5.10. The van der Waals surface area contributed by atoms with E-state index >= 15 is 0 Å². The molecule has 0 saturated carbocycles. The minimum absolute atomic E-state index is 0.0296. The lowest BCUT2D eigenvalue weighted by Gasteiger charge is -2.22. The summed E-state index contributed by atoms with van der Waals surface area (Å²) < 4.78 is 44.5. The molecule has 1 atom stereocenters. The molecule has 0 saturated heterocycles. The monoisotopic (exact) mass is 287 g/mol. The molecule has 0 fully saturated rings. The van der Waals surface area contributed by atoms with Gasteiger partial charge in [0.05, 0.1) is 12.4 Å². The SMILES string of the molecule is CCCCC(CC)COc1ccc(C)cc1[B-](F)(F)F. The highest BCUT2D eigenvalue weighted by molar-refractivity contribution is 6.74. The van der Waals surface area contributed by atoms with Crippen molar-refractivity contribution in [2.75, 3.05) is 6.61 Å². The summed E-state index contributed by atoms with van der Waals surface area (Å²) in [6, 6.07) is 4.27. The second-order valence-electron chi connectivity index (χ2n) is 5.34. The molecule has 0 bridgehead atoms. The van der Waals surface area contributed by atoms with Gasteiger partial charge in [-0.1, -0.05) is 56.3 Å². The fraction of sp³-hybridized carbons (Fsp3) is 0.600. The van der Waals surface area contributed by atoms with E-state index < -0.39 is 12.4 Å². The van der Waals surface area contributed by atoms with Crippen molar-refractivity contribution in [1.82, 2.24) is 0 Å². The number of rotatable bonds is 8. The van der Waals surface area contributed by atoms with E-state index in [9.17, 15) is 12.9 Å². The van der Waals surface area contributed by atoms with Crippen molar-refractivity contribution in [2.24, 2.45) is 5.92 Å². The molecule has 0 aliphatic carbocycles. The Balaban J connectivity index is 2.76. The van der Waals surface area contributed by atoms with Gasteiger partial charge in [-0.25, -0.2) is 0 Å². The minimum Gasteiger partial charge on any atom is -0.496 e. The lowest BCUT2D eigenvalue weighted by molar-refractivity contribution is 0.234. The quantitative estimate of drug-likeness (QED) is 0.633. The van der Waals surface area contributed by atoms with Gasteiger partial charge in [0.2, 0.25) is 0 Å². The smallest absolute Gasteiger partial charge is 0.496 e. The predicted octanol–water partition coefficient (Wildman–Crippen LogP) is 4.64. The highest BCUT2D eigenvalue weighted by Crippen LogP contribution is 2.21. The van der Waals surface area contributed by atoms with E-state index in [2.05, 4.69) is 6.92 Å². The van der Waals surface area contributed by atoms with Crippen LogP contribution in [0.15, 0.2) is 18.2 Å². The van der Waals surface area contributed by atoms with E-state index in [0.717, 1.165) is 25.7 Å². The van der Waals surface area contributed by atoms with E-state index in [4.69, 9.17) is 4.74 Å². The number of aryl methyl sites for hydroxylation is 1. The highest BCUT2D eigenvalue weighted by Gasteiger charge is 2.29. The van der Waals surface area contributed by atoms with Crippen molar-refractivity contribution in [3.05, 3.63) is 23.8 Å². The molecule has 1 aromatic rings. The first-order valence-electron chi connectivity index (χ1n) is 7.31. The van der Waals surface area contributed by atoms with Gasteiger partial charge >= 0.3 is 6.98 Å². The summed E-state index contributed by atoms with van der Waals surface area (Å²) in [6.45, 7) is 1.14. The van der Waals surface area contributed by atoms with Gasteiger partial charge in [0.1, 0.15) is 0 Å². The summed E-state index contributed by atoms with van der Waals surface area (Å²) in [4.78, 5) is 0. The Kier molecular flexibility index (Phi) is 6.43. The number of unbranched alkanes of at least 4 members (excludes halogenated alkanes) is 1. The Bertz CT molecular complexity index is 418. The minimum atomic E-state index is -5.03. The summed E-state index contributed by atoms with van der Waals surface area (Å²) in [7, 11) is 0. The number of ether oxygens (including phenoxy) is 1. The van der Waals surface area contributed by atoms with E-state index in [1.54, 1.807) is 13.0 Å². The third-order valence-corrected chi connectivity index (χ3v) is 3.54. The standard InChI is InChI=1S/C15H23BF3O/c1-4-6-7-13(5-2)11-20-15-9-8-12(3)10-14(15)16(17,18)19/h8-10,13H,4-7,11H2,1-3H3/q-1. The molecule has 1 nitrogen and oxygen atoms in total. The van der Waals surface area contributed by atoms with Crippen LogP contribution in [0, 0.1) is 12.8 Å². The van der Waals surface area contributed by atoms with Gasteiger partial charge in [0.25, 0.3) is 0 Å². The summed E-state index contributed by atoms with van der Waals surface area (Å²) in [5.41, 5.74) is -0.0140. The maximum absolute atomic E-state index is 13.0. The van der Waals surface area contributed by atoms with Crippen molar-refractivity contribution in [2.45, 2.75) is 46.5 Å². The molecule has 0 amide bonds. The van der Waals surface area contributed by atoms with Crippen LogP contribution >= 0.6 is 0 Å². The van der Waals surface area contributed by atoms with E-state index in [0.29, 0.717) is 18.1 Å². The molecule has 0 aliphatic rings. The van der Waals surface area contributed by atoms with Crippen LogP contribution in [0.3, 0.4) is 0 Å². The first-order valence-corrected chi connectivity index (χ1v) is 7.31. The lowest BCUT2D eigenvalue weighted by Crippen LogP contribution is -2.36. The molecule has 0 N–H and O–H groups in total. The molecule has 0 radical (unpaired) electrons. The van der Waals surface area contributed by atoms with Crippen LogP contribution in [0.5, 0.6) is 5.75 Å². The Morgan fingerprint density at radius 2 is 1.90 bits per heavy atom. The normalized spacial score (nSPS) is 13.3. The summed E-state index contributed by atoms with van der Waals surface area (Å²) in [5, 5.41) is 0. The van der Waals surface area contributed by atoms with Gasteiger partial charge in [-0.05, 0) is 25.3 Å². The molecule has 1 aromatic carbocycles. The van der Waals surface area contributed by atoms with Crippen LogP contribution in [-0.2, 0) is 0 Å². The van der Waals surface area contributed by atoms with Crippen molar-refractivity contribution >= 4 is 12.4 Å². The number of hydrogen-bond acceptors (Lipinski definition) is 1. The molecular weight excluding hydrogens is 264 g/mol. The van der Waals surface area contributed by atoms with Crippen LogP contribution in [-0.4, -0.2) is 13.6 Å². The zero-order valence-electron chi connectivity index (χ0n) is 12.5. The maximum atomic E-state index is 13.0. The lowest BCUT2D eigenvalue weighted by atomic mass is 9.78. The van der Waals surface area contributed by atoms with Crippen molar-refractivity contribution in [3.63, 3.8) is 0 Å². The second-order valence-corrected chi connectivity index (χ2v) is 5.34. The molecule has 1 unspecified atom stereocenters. The van der Waals surface area contributed by atoms with Gasteiger partial charge < -0.3 is 17.7 Å². The zero-order valence-corrected chi connectivity index (χ0v) is 12.5. The van der Waals surface area contributed by atoms with Gasteiger partial charge in [0.15, 0.2) is 0 Å². The summed E-state index contributed by atoms with van der Waals surface area (Å²) >= 11 is 0. The van der Waals surface area contributed by atoms with Crippen molar-refractivity contribution < 1.29 is 17.7 Å². The molecule has 114 valence electrons. The average molecular weight is 287 g/mol. The Hall–Kier alpha value is -1.13. The average Bonchev–Trinajstić information content (AvgIpc) is 2.39. The number of hydrogen-bond donors (Lipinski definition) is 0. The van der Waals surface area contributed by atoms with Crippen LogP contribution in [0.1, 0.15) is 45.1 Å². The molecular formula is C15H23BF3O-. The fourth-order valence-electron chi connectivity index (χ4n) is 2.16. The molecule has 5 heteroatoms. The fourth-order valence-corrected chi connectivity index (χ4v) is 2.16. The molecule has 0 aromatic heterocycles. The Labute approximate surface area is 119 Å². The van der Waals surface area contributed by atoms with Crippen LogP contribution in [0.4, 0.5) is 12.9 Å². The zero-order chi connectivity index (χ0) is 15.2. The second kappa shape index (κ2) is 7.60. The van der Waals surface area contributed by atoms with Gasteiger partial charge in [-0.15, -0.1) is 0 Å². The Morgan fingerprint density at radius 3 is 2.45 bits per heavy atom. The largest absolute Gasteiger partial charge is 0.513 e. The predicted molar refractivity (Wildman–Crippen MR) is 78.7 cm³/mol. The number of halogens is 3. The first kappa shape index (κ1) is 16.9. The Morgan fingerprint density at radius 1 is 1.20 bits per heavy atom. The third-order valence-electron chi connectivity index (χ3n) is 3.54. The van der Waals surface area contributed by atoms with Gasteiger partial charge in [0, 0.05) is 0 Å². The van der Waals surface area contributed by atoms with Crippen LogP contribution in [0.25, 0.3) is 0 Å². The van der Waals surface area contributed by atoms with Crippen LogP contribution < -0.4 is 10.2 Å². The van der Waals surface area contributed by atoms with Crippen molar-refractivity contribution in [3.8, 4) is 5.75 Å². The van der Waals surface area contributed by atoms with Crippen molar-refractivity contribution in [1.29, 1.82) is 0 Å². The summed E-state index contributed by atoms with van der Waals surface area (Å²) in [5.74, 6) is 0.294. The first-order chi connectivity index (χ1) is 9.38. The maximum Gasteiger partial charge on any atom is 0.513 e. The molecule has 0 heterocycles. The highest BCUT2D eigenvalue weighted by atomic mass is 19.4. The molecule has 20 heavy (non-hydrogen) atoms. The van der Waals surface area contributed by atoms with Gasteiger partial charge in [-0.3, -0.25) is 0 Å². The molecule has 0 aliphatic heterocycles. The van der Waals surface area contributed by atoms with E-state index in [1.807, 2.05) is 6.92 Å². The molecule has 0 spiro atoms. The van der Waals surface area contributed by atoms with E-state index in [1.165, 1.54) is 12.1 Å². The summed E-state index contributed by atoms with van der Waals surface area (Å²) in [6.07, 6.45) is 4.12.